The number of aryl methyl sites for hydroxylation is 2. The third-order valence-corrected chi connectivity index (χ3v) is 3.89. The summed E-state index contributed by atoms with van der Waals surface area (Å²) < 4.78 is 0. The Balaban J connectivity index is 1.93. The third-order valence-electron chi connectivity index (χ3n) is 3.66. The number of hydrogen-bond acceptors (Lipinski definition) is 3. The Morgan fingerprint density at radius 3 is 2.50 bits per heavy atom. The highest BCUT2D eigenvalue weighted by Gasteiger charge is 2.17. The molecule has 1 unspecified atom stereocenters. The van der Waals surface area contributed by atoms with Crippen molar-refractivity contribution in [2.24, 2.45) is 0 Å². The molecule has 6 heteroatoms. The van der Waals surface area contributed by atoms with E-state index in [0.717, 1.165) is 11.1 Å². The number of anilines is 1. The van der Waals surface area contributed by atoms with Gasteiger partial charge in [-0.15, -0.1) is 0 Å². The molecule has 0 saturated carbocycles. The fourth-order valence-electron chi connectivity index (χ4n) is 2.25. The van der Waals surface area contributed by atoms with Crippen LogP contribution in [0, 0.1) is 13.8 Å². The molecule has 0 aliphatic heterocycles. The summed E-state index contributed by atoms with van der Waals surface area (Å²) in [5.41, 5.74) is 2.89. The van der Waals surface area contributed by atoms with Crippen molar-refractivity contribution in [2.75, 3.05) is 11.9 Å². The number of amides is 2. The lowest BCUT2D eigenvalue weighted by atomic mass is 10.0. The number of carbonyl (C=O) groups is 2. The van der Waals surface area contributed by atoms with Crippen molar-refractivity contribution in [3.05, 3.63) is 64.2 Å². The molecule has 0 aliphatic carbocycles. The first-order valence-corrected chi connectivity index (χ1v) is 7.85. The minimum Gasteiger partial charge on any atom is -0.387 e. The molecule has 0 aliphatic rings. The largest absolute Gasteiger partial charge is 0.387 e. The van der Waals surface area contributed by atoms with Crippen molar-refractivity contribution in [2.45, 2.75) is 20.0 Å². The lowest BCUT2D eigenvalue weighted by Gasteiger charge is -2.14. The van der Waals surface area contributed by atoms with Crippen molar-refractivity contribution >= 4 is 29.1 Å². The monoisotopic (exact) mass is 346 g/mol. The van der Waals surface area contributed by atoms with Gasteiger partial charge in [0, 0.05) is 17.3 Å². The molecule has 2 rings (SSSR count). The van der Waals surface area contributed by atoms with Gasteiger partial charge in [-0.25, -0.2) is 0 Å². The van der Waals surface area contributed by atoms with Gasteiger partial charge in [-0.2, -0.15) is 0 Å². The number of benzene rings is 2. The van der Waals surface area contributed by atoms with E-state index < -0.39 is 17.9 Å². The van der Waals surface area contributed by atoms with Crippen LogP contribution in [-0.4, -0.2) is 23.5 Å². The molecule has 0 aromatic heterocycles. The molecular formula is C18H19ClN2O3. The summed E-state index contributed by atoms with van der Waals surface area (Å²) in [6.07, 6.45) is -0.879. The van der Waals surface area contributed by atoms with E-state index in [1.807, 2.05) is 25.1 Å². The molecule has 2 amide bonds. The maximum atomic E-state index is 11.9. The number of aliphatic hydroxyl groups is 1. The molecule has 0 heterocycles. The van der Waals surface area contributed by atoms with Crippen LogP contribution < -0.4 is 10.6 Å². The van der Waals surface area contributed by atoms with Crippen LogP contribution in [-0.2, 0) is 9.59 Å². The Bertz CT molecular complexity index is 762. The SMILES string of the molecule is Cc1ccc(Cl)cc1NC(=O)C(=O)NCC(O)c1ccccc1C. The van der Waals surface area contributed by atoms with Gasteiger partial charge in [0.1, 0.15) is 0 Å². The summed E-state index contributed by atoms with van der Waals surface area (Å²) in [4.78, 5) is 23.8. The number of rotatable bonds is 4. The summed E-state index contributed by atoms with van der Waals surface area (Å²) in [5, 5.41) is 15.5. The zero-order valence-electron chi connectivity index (χ0n) is 13.5. The smallest absolute Gasteiger partial charge is 0.313 e. The molecule has 126 valence electrons. The molecule has 0 bridgehead atoms. The maximum absolute atomic E-state index is 11.9. The lowest BCUT2D eigenvalue weighted by Crippen LogP contribution is -2.37. The third kappa shape index (κ3) is 4.57. The zero-order valence-corrected chi connectivity index (χ0v) is 14.2. The molecular weight excluding hydrogens is 328 g/mol. The first-order valence-electron chi connectivity index (χ1n) is 7.47. The van der Waals surface area contributed by atoms with Crippen LogP contribution in [0.1, 0.15) is 22.8 Å². The topological polar surface area (TPSA) is 78.4 Å². The molecule has 3 N–H and O–H groups in total. The molecule has 1 atom stereocenters. The Hall–Kier alpha value is -2.37. The van der Waals surface area contributed by atoms with Gasteiger partial charge in [-0.05, 0) is 42.7 Å². The number of nitrogens with one attached hydrogen (secondary N) is 2. The van der Waals surface area contributed by atoms with E-state index in [1.165, 1.54) is 0 Å². The predicted octanol–water partition coefficient (Wildman–Crippen LogP) is 2.75. The molecule has 0 spiro atoms. The summed E-state index contributed by atoms with van der Waals surface area (Å²) in [5.74, 6) is -1.63. The lowest BCUT2D eigenvalue weighted by molar-refractivity contribution is -0.136. The van der Waals surface area contributed by atoms with Gasteiger partial charge in [0.15, 0.2) is 0 Å². The molecule has 0 radical (unpaired) electrons. The van der Waals surface area contributed by atoms with Gasteiger partial charge in [0.05, 0.1) is 6.10 Å². The van der Waals surface area contributed by atoms with Crippen molar-refractivity contribution in [1.29, 1.82) is 0 Å². The normalized spacial score (nSPS) is 11.7. The van der Waals surface area contributed by atoms with Crippen LogP contribution in [0.5, 0.6) is 0 Å². The number of hydrogen-bond donors (Lipinski definition) is 3. The van der Waals surface area contributed by atoms with Crippen LogP contribution in [0.3, 0.4) is 0 Å². The van der Waals surface area contributed by atoms with E-state index in [-0.39, 0.29) is 6.54 Å². The van der Waals surface area contributed by atoms with Crippen molar-refractivity contribution in [3.63, 3.8) is 0 Å². The van der Waals surface area contributed by atoms with Crippen LogP contribution in [0.15, 0.2) is 42.5 Å². The van der Waals surface area contributed by atoms with E-state index in [4.69, 9.17) is 11.6 Å². The standard InChI is InChI=1S/C18H19ClN2O3/c1-11-5-3-4-6-14(11)16(22)10-20-17(23)18(24)21-15-9-13(19)8-7-12(15)2/h3-9,16,22H,10H2,1-2H3,(H,20,23)(H,21,24). The van der Waals surface area contributed by atoms with Gasteiger partial charge >= 0.3 is 11.8 Å². The van der Waals surface area contributed by atoms with E-state index >= 15 is 0 Å². The van der Waals surface area contributed by atoms with Crippen LogP contribution in [0.4, 0.5) is 5.69 Å². The average molecular weight is 347 g/mol. The molecule has 0 fully saturated rings. The fraction of sp³-hybridized carbons (Fsp3) is 0.222. The summed E-state index contributed by atoms with van der Waals surface area (Å²) in [6.45, 7) is 3.62. The minimum atomic E-state index is -0.879. The van der Waals surface area contributed by atoms with Crippen LogP contribution in [0.2, 0.25) is 5.02 Å². The second kappa shape index (κ2) is 7.95. The number of aliphatic hydroxyl groups excluding tert-OH is 1. The zero-order chi connectivity index (χ0) is 17.7. The minimum absolute atomic E-state index is 0.0500. The average Bonchev–Trinajstić information content (AvgIpc) is 2.56. The quantitative estimate of drug-likeness (QED) is 0.745. The molecule has 2 aromatic carbocycles. The van der Waals surface area contributed by atoms with Crippen LogP contribution in [0.25, 0.3) is 0 Å². The number of halogens is 1. The summed E-state index contributed by atoms with van der Waals surface area (Å²) >= 11 is 5.88. The number of carbonyl (C=O) groups excluding carboxylic acids is 2. The maximum Gasteiger partial charge on any atom is 0.313 e. The van der Waals surface area contributed by atoms with E-state index in [2.05, 4.69) is 10.6 Å². The van der Waals surface area contributed by atoms with Gasteiger partial charge in [-0.3, -0.25) is 9.59 Å². The Kier molecular flexibility index (Phi) is 5.95. The van der Waals surface area contributed by atoms with Gasteiger partial charge in [-0.1, -0.05) is 41.9 Å². The van der Waals surface area contributed by atoms with Crippen molar-refractivity contribution in [1.82, 2.24) is 5.32 Å². The molecule has 5 nitrogen and oxygen atoms in total. The van der Waals surface area contributed by atoms with Crippen LogP contribution >= 0.6 is 11.6 Å². The predicted molar refractivity (Wildman–Crippen MR) is 94.0 cm³/mol. The molecule has 0 saturated heterocycles. The van der Waals surface area contributed by atoms with E-state index in [0.29, 0.717) is 16.3 Å². The highest BCUT2D eigenvalue weighted by atomic mass is 35.5. The first kappa shape index (κ1) is 18.0. The Morgan fingerprint density at radius 1 is 1.08 bits per heavy atom. The first-order chi connectivity index (χ1) is 11.4. The van der Waals surface area contributed by atoms with Gasteiger partial charge < -0.3 is 15.7 Å². The van der Waals surface area contributed by atoms with Gasteiger partial charge in [0.25, 0.3) is 0 Å². The highest BCUT2D eigenvalue weighted by molar-refractivity contribution is 6.40. The fourth-order valence-corrected chi connectivity index (χ4v) is 2.42. The Morgan fingerprint density at radius 2 is 1.79 bits per heavy atom. The van der Waals surface area contributed by atoms with Gasteiger partial charge in [0.2, 0.25) is 0 Å². The van der Waals surface area contributed by atoms with E-state index in [9.17, 15) is 14.7 Å². The highest BCUT2D eigenvalue weighted by Crippen LogP contribution is 2.20. The molecule has 2 aromatic rings. The molecule has 24 heavy (non-hydrogen) atoms. The second-order valence-corrected chi connectivity index (χ2v) is 5.93. The summed E-state index contributed by atoms with van der Waals surface area (Å²) in [6, 6.07) is 12.3. The van der Waals surface area contributed by atoms with E-state index in [1.54, 1.807) is 31.2 Å². The second-order valence-electron chi connectivity index (χ2n) is 5.50. The van der Waals surface area contributed by atoms with Crippen molar-refractivity contribution < 1.29 is 14.7 Å². The Labute approximate surface area is 145 Å². The van der Waals surface area contributed by atoms with Crippen molar-refractivity contribution in [3.8, 4) is 0 Å². The summed E-state index contributed by atoms with van der Waals surface area (Å²) in [7, 11) is 0.